The number of aromatic nitrogens is 2. The van der Waals surface area contributed by atoms with Crippen LogP contribution in [0.1, 0.15) is 24.2 Å². The van der Waals surface area contributed by atoms with Crippen LogP contribution < -0.4 is 5.32 Å². The van der Waals surface area contributed by atoms with Crippen LogP contribution in [0.3, 0.4) is 0 Å². The fraction of sp³-hybridized carbons (Fsp3) is 0.375. The summed E-state index contributed by atoms with van der Waals surface area (Å²) in [5.74, 6) is 0.0734. The van der Waals surface area contributed by atoms with Gasteiger partial charge in [-0.05, 0) is 38.3 Å². The molecular weight excluding hydrogens is 376 g/mol. The molecule has 0 aliphatic rings. The van der Waals surface area contributed by atoms with Gasteiger partial charge in [-0.3, -0.25) is 9.59 Å². The van der Waals surface area contributed by atoms with E-state index in [0.717, 1.165) is 8.68 Å². The molecule has 1 aromatic carbocycles. The number of amides is 2. The molecule has 0 saturated heterocycles. The van der Waals surface area contributed by atoms with Crippen LogP contribution in [0.2, 0.25) is 0 Å². The third kappa shape index (κ3) is 5.72. The predicted octanol–water partition coefficient (Wildman–Crippen LogP) is 3.47. The third-order valence-electron chi connectivity index (χ3n) is 3.33. The van der Waals surface area contributed by atoms with E-state index in [4.69, 9.17) is 0 Å². The van der Waals surface area contributed by atoms with Crippen molar-refractivity contribution < 1.29 is 9.59 Å². The van der Waals surface area contributed by atoms with Gasteiger partial charge in [0, 0.05) is 24.3 Å². The highest BCUT2D eigenvalue weighted by molar-refractivity contribution is 8.03. The molecule has 0 atom stereocenters. The summed E-state index contributed by atoms with van der Waals surface area (Å²) in [6.45, 7) is 5.20. The Hall–Kier alpha value is -1.58. The first-order chi connectivity index (χ1) is 12.1. The van der Waals surface area contributed by atoms with Crippen LogP contribution in [-0.2, 0) is 4.79 Å². The van der Waals surface area contributed by atoms with Gasteiger partial charge in [-0.1, -0.05) is 40.9 Å². The lowest BCUT2D eigenvalue weighted by Gasteiger charge is -2.19. The average Bonchev–Trinajstić information content (AvgIpc) is 3.09. The minimum absolute atomic E-state index is 0.0334. The second kappa shape index (κ2) is 9.79. The van der Waals surface area contributed by atoms with Gasteiger partial charge in [0.05, 0.1) is 5.75 Å². The van der Waals surface area contributed by atoms with Gasteiger partial charge in [0.25, 0.3) is 5.91 Å². The van der Waals surface area contributed by atoms with Crippen molar-refractivity contribution in [2.45, 2.75) is 22.5 Å². The van der Waals surface area contributed by atoms with Gasteiger partial charge in [0.15, 0.2) is 8.68 Å². The molecule has 9 heteroatoms. The maximum absolute atomic E-state index is 12.4. The highest BCUT2D eigenvalue weighted by Gasteiger charge is 2.13. The monoisotopic (exact) mass is 396 g/mol. The summed E-state index contributed by atoms with van der Waals surface area (Å²) >= 11 is 4.35. The fourth-order valence-electron chi connectivity index (χ4n) is 2.09. The largest absolute Gasteiger partial charge is 0.339 e. The number of nitrogens with one attached hydrogen (secondary N) is 1. The minimum Gasteiger partial charge on any atom is -0.339 e. The Morgan fingerprint density at radius 2 is 1.92 bits per heavy atom. The van der Waals surface area contributed by atoms with Crippen LogP contribution in [0.4, 0.5) is 5.69 Å². The highest BCUT2D eigenvalue weighted by atomic mass is 32.2. The van der Waals surface area contributed by atoms with Crippen LogP contribution in [0, 0.1) is 0 Å². The molecule has 1 aromatic heterocycles. The van der Waals surface area contributed by atoms with Gasteiger partial charge in [-0.2, -0.15) is 0 Å². The van der Waals surface area contributed by atoms with Crippen LogP contribution in [0.15, 0.2) is 32.9 Å². The van der Waals surface area contributed by atoms with Gasteiger partial charge < -0.3 is 10.2 Å². The number of benzene rings is 1. The molecule has 0 bridgehead atoms. The summed E-state index contributed by atoms with van der Waals surface area (Å²) < 4.78 is 1.65. The highest BCUT2D eigenvalue weighted by Crippen LogP contribution is 2.27. The zero-order valence-electron chi connectivity index (χ0n) is 14.3. The van der Waals surface area contributed by atoms with E-state index in [1.807, 2.05) is 20.1 Å². The standard InChI is InChI=1S/C16H20N4O2S3/c1-4-20(5-2)14(22)11-7-6-8-12(9-11)17-13(21)10-24-16-19-18-15(23-3)25-16/h6-9H,4-5,10H2,1-3H3,(H,17,21). The Bertz CT molecular complexity index is 732. The first kappa shape index (κ1) is 19.7. The summed E-state index contributed by atoms with van der Waals surface area (Å²) in [6, 6.07) is 7.02. The van der Waals surface area contributed by atoms with Crippen molar-refractivity contribution in [3.63, 3.8) is 0 Å². The predicted molar refractivity (Wildman–Crippen MR) is 105 cm³/mol. The van der Waals surface area contributed by atoms with E-state index in [2.05, 4.69) is 15.5 Å². The van der Waals surface area contributed by atoms with Crippen molar-refractivity contribution in [3.8, 4) is 0 Å². The number of anilines is 1. The van der Waals surface area contributed by atoms with E-state index in [1.54, 1.807) is 29.2 Å². The molecule has 0 aliphatic carbocycles. The number of thioether (sulfide) groups is 2. The summed E-state index contributed by atoms with van der Waals surface area (Å²) in [6.07, 6.45) is 1.94. The molecule has 2 amide bonds. The Balaban J connectivity index is 1.94. The number of nitrogens with zero attached hydrogens (tertiary/aromatic N) is 3. The minimum atomic E-state index is -0.140. The first-order valence-electron chi connectivity index (χ1n) is 7.76. The van der Waals surface area contributed by atoms with Crippen molar-refractivity contribution in [2.75, 3.05) is 30.4 Å². The molecule has 134 valence electrons. The second-order valence-corrected chi connectivity index (χ2v) is 8.19. The molecule has 0 fully saturated rings. The molecule has 25 heavy (non-hydrogen) atoms. The molecule has 0 aliphatic heterocycles. The van der Waals surface area contributed by atoms with E-state index in [-0.39, 0.29) is 17.6 Å². The molecule has 0 unspecified atom stereocenters. The van der Waals surface area contributed by atoms with Crippen molar-refractivity contribution in [2.24, 2.45) is 0 Å². The number of hydrogen-bond donors (Lipinski definition) is 1. The summed E-state index contributed by atoms with van der Waals surface area (Å²) in [5.41, 5.74) is 1.19. The van der Waals surface area contributed by atoms with Crippen molar-refractivity contribution in [1.82, 2.24) is 15.1 Å². The fourth-order valence-corrected chi connectivity index (χ4v) is 4.32. The average molecular weight is 397 g/mol. The van der Waals surface area contributed by atoms with Crippen molar-refractivity contribution >= 4 is 52.4 Å². The van der Waals surface area contributed by atoms with E-state index in [0.29, 0.717) is 24.3 Å². The van der Waals surface area contributed by atoms with Gasteiger partial charge in [-0.15, -0.1) is 10.2 Å². The van der Waals surface area contributed by atoms with E-state index < -0.39 is 0 Å². The third-order valence-corrected chi connectivity index (χ3v) is 6.37. The van der Waals surface area contributed by atoms with E-state index in [9.17, 15) is 9.59 Å². The summed E-state index contributed by atoms with van der Waals surface area (Å²) in [5, 5.41) is 10.8. The SMILES string of the molecule is CCN(CC)C(=O)c1cccc(NC(=O)CSc2nnc(SC)s2)c1. The van der Waals surface area contributed by atoms with Gasteiger partial charge in [-0.25, -0.2) is 0 Å². The molecule has 2 rings (SSSR count). The molecule has 1 N–H and O–H groups in total. The maximum atomic E-state index is 12.4. The quantitative estimate of drug-likeness (QED) is 0.689. The van der Waals surface area contributed by atoms with Crippen LogP contribution >= 0.6 is 34.9 Å². The second-order valence-electron chi connectivity index (χ2n) is 4.93. The lowest BCUT2D eigenvalue weighted by Crippen LogP contribution is -2.30. The van der Waals surface area contributed by atoms with E-state index in [1.165, 1.54) is 34.9 Å². The Kier molecular flexibility index (Phi) is 7.73. The van der Waals surface area contributed by atoms with Crippen molar-refractivity contribution in [3.05, 3.63) is 29.8 Å². The maximum Gasteiger partial charge on any atom is 0.253 e. The smallest absolute Gasteiger partial charge is 0.253 e. The number of carbonyl (C=O) groups is 2. The lowest BCUT2D eigenvalue weighted by atomic mass is 10.1. The molecular formula is C16H20N4O2S3. The van der Waals surface area contributed by atoms with Gasteiger partial charge >= 0.3 is 0 Å². The number of hydrogen-bond acceptors (Lipinski definition) is 7. The number of carbonyl (C=O) groups excluding carboxylic acids is 2. The summed E-state index contributed by atoms with van der Waals surface area (Å²) in [7, 11) is 0. The molecule has 6 nitrogen and oxygen atoms in total. The topological polar surface area (TPSA) is 75.2 Å². The lowest BCUT2D eigenvalue weighted by molar-refractivity contribution is -0.113. The molecule has 0 saturated carbocycles. The number of rotatable bonds is 8. The van der Waals surface area contributed by atoms with E-state index >= 15 is 0 Å². The summed E-state index contributed by atoms with van der Waals surface area (Å²) in [4.78, 5) is 26.2. The molecule has 0 spiro atoms. The molecule has 0 radical (unpaired) electrons. The van der Waals surface area contributed by atoms with Crippen LogP contribution in [0.25, 0.3) is 0 Å². The Morgan fingerprint density at radius 3 is 2.56 bits per heavy atom. The van der Waals surface area contributed by atoms with Crippen LogP contribution in [-0.4, -0.2) is 52.0 Å². The van der Waals surface area contributed by atoms with Gasteiger partial charge in [0.1, 0.15) is 0 Å². The van der Waals surface area contributed by atoms with Gasteiger partial charge in [0.2, 0.25) is 5.91 Å². The first-order valence-corrected chi connectivity index (χ1v) is 10.8. The molecule has 2 aromatic rings. The zero-order chi connectivity index (χ0) is 18.2. The normalized spacial score (nSPS) is 10.5. The van der Waals surface area contributed by atoms with Crippen molar-refractivity contribution in [1.29, 1.82) is 0 Å². The zero-order valence-corrected chi connectivity index (χ0v) is 16.8. The Labute approximate surface area is 159 Å². The Morgan fingerprint density at radius 1 is 1.20 bits per heavy atom. The van der Waals surface area contributed by atoms with Crippen LogP contribution in [0.5, 0.6) is 0 Å². The molecule has 1 heterocycles.